The second-order valence-corrected chi connectivity index (χ2v) is 5.27. The first kappa shape index (κ1) is 14.4. The highest BCUT2D eigenvalue weighted by atomic mass is 19.1. The first-order valence-corrected chi connectivity index (χ1v) is 6.85. The van der Waals surface area contributed by atoms with Gasteiger partial charge in [-0.15, -0.1) is 0 Å². The lowest BCUT2D eigenvalue weighted by Crippen LogP contribution is -2.47. The fourth-order valence-electron chi connectivity index (χ4n) is 2.56. The summed E-state index contributed by atoms with van der Waals surface area (Å²) in [4.78, 5) is 24.2. The molecule has 0 fully saturated rings. The van der Waals surface area contributed by atoms with Gasteiger partial charge in [0.15, 0.2) is 0 Å². The molecule has 0 heterocycles. The van der Waals surface area contributed by atoms with Gasteiger partial charge in [0, 0.05) is 18.5 Å². The topological polar surface area (TPSA) is 46.2 Å². The van der Waals surface area contributed by atoms with Gasteiger partial charge in [-0.1, -0.05) is 36.4 Å². The van der Waals surface area contributed by atoms with Crippen LogP contribution in [0.15, 0.2) is 48.5 Å². The van der Waals surface area contributed by atoms with Crippen molar-refractivity contribution in [3.63, 3.8) is 0 Å². The van der Waals surface area contributed by atoms with E-state index in [0.29, 0.717) is 11.1 Å². The van der Waals surface area contributed by atoms with Crippen LogP contribution in [0.3, 0.4) is 0 Å². The normalized spacial score (nSPS) is 19.8. The van der Waals surface area contributed by atoms with Crippen molar-refractivity contribution in [1.29, 1.82) is 0 Å². The van der Waals surface area contributed by atoms with Crippen molar-refractivity contribution in [2.45, 2.75) is 18.6 Å². The molecule has 112 valence electrons. The van der Waals surface area contributed by atoms with Crippen molar-refractivity contribution in [1.82, 2.24) is 5.32 Å². The molecule has 1 aliphatic carbocycles. The lowest BCUT2D eigenvalue weighted by atomic mass is 10.00. The van der Waals surface area contributed by atoms with Crippen molar-refractivity contribution in [2.24, 2.45) is 0 Å². The zero-order valence-electron chi connectivity index (χ0n) is 11.6. The molecule has 0 saturated carbocycles. The van der Waals surface area contributed by atoms with E-state index in [-0.39, 0.29) is 18.5 Å². The predicted molar refractivity (Wildman–Crippen MR) is 76.6 cm³/mol. The van der Waals surface area contributed by atoms with Crippen LogP contribution in [0, 0.1) is 5.82 Å². The SMILES string of the molecule is O=C(NCc1ccc(F)cc1)[C@@]1(F)Cc2ccccc2C1=O. The molecular weight excluding hydrogens is 288 g/mol. The van der Waals surface area contributed by atoms with Crippen LogP contribution in [0.1, 0.15) is 21.5 Å². The first-order valence-electron chi connectivity index (χ1n) is 6.85. The molecule has 0 unspecified atom stereocenters. The Morgan fingerprint density at radius 2 is 1.82 bits per heavy atom. The molecule has 0 spiro atoms. The van der Waals surface area contributed by atoms with Crippen LogP contribution in [0.5, 0.6) is 0 Å². The minimum Gasteiger partial charge on any atom is -0.349 e. The summed E-state index contributed by atoms with van der Waals surface area (Å²) in [5.41, 5.74) is -1.15. The van der Waals surface area contributed by atoms with E-state index in [0.717, 1.165) is 0 Å². The average molecular weight is 301 g/mol. The van der Waals surface area contributed by atoms with Crippen molar-refractivity contribution in [2.75, 3.05) is 0 Å². The maximum absolute atomic E-state index is 14.8. The van der Waals surface area contributed by atoms with Crippen molar-refractivity contribution in [3.05, 3.63) is 71.0 Å². The van der Waals surface area contributed by atoms with Gasteiger partial charge in [0.1, 0.15) is 5.82 Å². The molecule has 0 radical (unpaired) electrons. The Labute approximate surface area is 126 Å². The van der Waals surface area contributed by atoms with Gasteiger partial charge >= 0.3 is 0 Å². The Bertz CT molecular complexity index is 743. The molecule has 0 aromatic heterocycles. The zero-order valence-corrected chi connectivity index (χ0v) is 11.6. The maximum Gasteiger partial charge on any atom is 0.266 e. The molecule has 1 N–H and O–H groups in total. The van der Waals surface area contributed by atoms with E-state index in [1.807, 2.05) is 0 Å². The third-order valence-corrected chi connectivity index (χ3v) is 3.78. The Balaban J connectivity index is 1.73. The summed E-state index contributed by atoms with van der Waals surface area (Å²) in [6.45, 7) is 0.0361. The zero-order chi connectivity index (χ0) is 15.7. The molecule has 0 bridgehead atoms. The molecule has 0 aliphatic heterocycles. The van der Waals surface area contributed by atoms with Gasteiger partial charge in [-0.3, -0.25) is 9.59 Å². The quantitative estimate of drug-likeness (QED) is 0.886. The highest BCUT2D eigenvalue weighted by Gasteiger charge is 2.52. The summed E-state index contributed by atoms with van der Waals surface area (Å²) in [5.74, 6) is -2.16. The van der Waals surface area contributed by atoms with Crippen LogP contribution in [-0.4, -0.2) is 17.4 Å². The monoisotopic (exact) mass is 301 g/mol. The van der Waals surface area contributed by atoms with Crippen LogP contribution in [0.2, 0.25) is 0 Å². The Morgan fingerprint density at radius 1 is 1.14 bits per heavy atom. The molecular formula is C17H13F2NO2. The predicted octanol–water partition coefficient (Wildman–Crippen LogP) is 2.59. The minimum atomic E-state index is -2.57. The van der Waals surface area contributed by atoms with Crippen LogP contribution >= 0.6 is 0 Å². The van der Waals surface area contributed by atoms with E-state index in [1.165, 1.54) is 30.3 Å². The standard InChI is InChI=1S/C17H13F2NO2/c18-13-7-5-11(6-8-13)10-20-16(22)17(19)9-12-3-1-2-4-14(12)15(17)21/h1-8H,9-10H2,(H,20,22)/t17-/m1/s1. The number of hydrogen-bond acceptors (Lipinski definition) is 2. The molecule has 1 atom stereocenters. The van der Waals surface area contributed by atoms with Gasteiger partial charge in [-0.05, 0) is 23.3 Å². The van der Waals surface area contributed by atoms with Crippen molar-refractivity contribution in [3.8, 4) is 0 Å². The number of alkyl halides is 1. The van der Waals surface area contributed by atoms with Crippen LogP contribution < -0.4 is 5.32 Å². The number of hydrogen-bond donors (Lipinski definition) is 1. The number of benzene rings is 2. The number of nitrogens with one attached hydrogen (secondary N) is 1. The third-order valence-electron chi connectivity index (χ3n) is 3.78. The third kappa shape index (κ3) is 2.39. The fraction of sp³-hybridized carbons (Fsp3) is 0.176. The number of Topliss-reactive ketones (excluding diaryl/α,β-unsaturated/α-hetero) is 1. The number of amides is 1. The van der Waals surface area contributed by atoms with Gasteiger partial charge in [-0.2, -0.15) is 0 Å². The number of rotatable bonds is 3. The van der Waals surface area contributed by atoms with Crippen LogP contribution in [-0.2, 0) is 17.8 Å². The van der Waals surface area contributed by atoms with E-state index in [9.17, 15) is 18.4 Å². The number of carbonyl (C=O) groups is 2. The van der Waals surface area contributed by atoms with Crippen LogP contribution in [0.4, 0.5) is 8.78 Å². The summed E-state index contributed by atoms with van der Waals surface area (Å²) >= 11 is 0. The van der Waals surface area contributed by atoms with E-state index in [1.54, 1.807) is 18.2 Å². The second kappa shape index (κ2) is 5.33. The molecule has 0 saturated heterocycles. The molecule has 2 aromatic carbocycles. The molecule has 1 aliphatic rings. The van der Waals surface area contributed by atoms with Crippen LogP contribution in [0.25, 0.3) is 0 Å². The van der Waals surface area contributed by atoms with Gasteiger partial charge in [0.05, 0.1) is 0 Å². The second-order valence-electron chi connectivity index (χ2n) is 5.27. The van der Waals surface area contributed by atoms with E-state index < -0.39 is 23.2 Å². The molecule has 3 rings (SSSR count). The lowest BCUT2D eigenvalue weighted by molar-refractivity contribution is -0.129. The van der Waals surface area contributed by atoms with Crippen molar-refractivity contribution < 1.29 is 18.4 Å². The highest BCUT2D eigenvalue weighted by molar-refractivity contribution is 6.20. The Morgan fingerprint density at radius 3 is 2.50 bits per heavy atom. The number of halogens is 2. The molecule has 1 amide bonds. The minimum absolute atomic E-state index is 0.0361. The molecule has 3 nitrogen and oxygen atoms in total. The summed E-state index contributed by atoms with van der Waals surface area (Å²) in [6.07, 6.45) is -0.253. The number of carbonyl (C=O) groups excluding carboxylic acids is 2. The average Bonchev–Trinajstić information content (AvgIpc) is 2.79. The molecule has 5 heteroatoms. The van der Waals surface area contributed by atoms with E-state index >= 15 is 0 Å². The van der Waals surface area contributed by atoms with E-state index in [2.05, 4.69) is 5.32 Å². The highest BCUT2D eigenvalue weighted by Crippen LogP contribution is 2.33. The number of fused-ring (bicyclic) bond motifs is 1. The molecule has 2 aromatic rings. The smallest absolute Gasteiger partial charge is 0.266 e. The van der Waals surface area contributed by atoms with Gasteiger partial charge < -0.3 is 5.32 Å². The first-order chi connectivity index (χ1) is 10.5. The lowest BCUT2D eigenvalue weighted by Gasteiger charge is -2.17. The Kier molecular flexibility index (Phi) is 3.48. The number of ketones is 1. The molecule has 22 heavy (non-hydrogen) atoms. The van der Waals surface area contributed by atoms with Gasteiger partial charge in [-0.25, -0.2) is 8.78 Å². The summed E-state index contributed by atoms with van der Waals surface area (Å²) in [6, 6.07) is 12.0. The van der Waals surface area contributed by atoms with Gasteiger partial charge in [0.25, 0.3) is 11.6 Å². The van der Waals surface area contributed by atoms with Gasteiger partial charge in [0.2, 0.25) is 5.78 Å². The summed E-state index contributed by atoms with van der Waals surface area (Å²) in [5, 5.41) is 2.41. The summed E-state index contributed by atoms with van der Waals surface area (Å²) < 4.78 is 27.6. The maximum atomic E-state index is 14.8. The Hall–Kier alpha value is -2.56. The van der Waals surface area contributed by atoms with Crippen molar-refractivity contribution >= 4 is 11.7 Å². The van der Waals surface area contributed by atoms with E-state index in [4.69, 9.17) is 0 Å². The largest absolute Gasteiger partial charge is 0.349 e. The fourth-order valence-corrected chi connectivity index (χ4v) is 2.56. The summed E-state index contributed by atoms with van der Waals surface area (Å²) in [7, 11) is 0.